The van der Waals surface area contributed by atoms with Crippen molar-refractivity contribution in [2.75, 3.05) is 13.1 Å². The molecule has 0 saturated carbocycles. The Morgan fingerprint density at radius 1 is 1.30 bits per heavy atom. The number of carbonyl (C=O) groups is 1. The zero-order valence-electron chi connectivity index (χ0n) is 13.9. The number of amides is 1. The molecule has 0 aromatic heterocycles. The zero-order chi connectivity index (χ0) is 17.4. The van der Waals surface area contributed by atoms with E-state index in [0.29, 0.717) is 30.1 Å². The first-order valence-corrected chi connectivity index (χ1v) is 9.38. The maximum atomic E-state index is 12.7. The van der Waals surface area contributed by atoms with Gasteiger partial charge in [-0.2, -0.15) is 0 Å². The highest BCUT2D eigenvalue weighted by molar-refractivity contribution is 7.89. The fourth-order valence-electron chi connectivity index (χ4n) is 3.17. The summed E-state index contributed by atoms with van der Waals surface area (Å²) in [5.41, 5.74) is 7.77. The maximum absolute atomic E-state index is 12.7. The maximum Gasteiger partial charge on any atom is 0.253 e. The predicted octanol–water partition coefficient (Wildman–Crippen LogP) is 1.15. The van der Waals surface area contributed by atoms with Gasteiger partial charge >= 0.3 is 0 Å². The van der Waals surface area contributed by atoms with Gasteiger partial charge in [0.2, 0.25) is 10.0 Å². The van der Waals surface area contributed by atoms with Crippen LogP contribution in [-0.2, 0) is 10.0 Å². The molecule has 0 aliphatic carbocycles. The Labute approximate surface area is 137 Å². The number of nitrogens with zero attached hydrogens (tertiary/aromatic N) is 1. The van der Waals surface area contributed by atoms with Crippen LogP contribution in [0.2, 0.25) is 0 Å². The summed E-state index contributed by atoms with van der Waals surface area (Å²) in [6.45, 7) is 6.67. The molecule has 0 spiro atoms. The van der Waals surface area contributed by atoms with Crippen molar-refractivity contribution in [3.63, 3.8) is 0 Å². The highest BCUT2D eigenvalue weighted by atomic mass is 32.2. The Morgan fingerprint density at radius 3 is 2.52 bits per heavy atom. The SMILES string of the molecule is CCC[C@H]1CN(C(=O)c2cc(C)c(C)c(S(N)(=O)=O)c2)C[C@@H]1N. The van der Waals surface area contributed by atoms with Gasteiger partial charge in [-0.1, -0.05) is 13.3 Å². The van der Waals surface area contributed by atoms with Crippen molar-refractivity contribution < 1.29 is 13.2 Å². The van der Waals surface area contributed by atoms with E-state index < -0.39 is 10.0 Å². The number of hydrogen-bond acceptors (Lipinski definition) is 4. The molecule has 128 valence electrons. The lowest BCUT2D eigenvalue weighted by molar-refractivity contribution is 0.0785. The third-order valence-electron chi connectivity index (χ3n) is 4.61. The third kappa shape index (κ3) is 3.73. The molecule has 1 aromatic rings. The van der Waals surface area contributed by atoms with Crippen LogP contribution in [0.5, 0.6) is 0 Å². The summed E-state index contributed by atoms with van der Waals surface area (Å²) in [4.78, 5) is 14.4. The van der Waals surface area contributed by atoms with Crippen molar-refractivity contribution >= 4 is 15.9 Å². The number of aryl methyl sites for hydroxylation is 1. The lowest BCUT2D eigenvalue weighted by atomic mass is 9.99. The number of primary sulfonamides is 1. The van der Waals surface area contributed by atoms with E-state index in [4.69, 9.17) is 10.9 Å². The fraction of sp³-hybridized carbons (Fsp3) is 0.562. The summed E-state index contributed by atoms with van der Waals surface area (Å²) in [7, 11) is -3.86. The molecule has 0 radical (unpaired) electrons. The number of hydrogen-bond donors (Lipinski definition) is 2. The van der Waals surface area contributed by atoms with E-state index in [2.05, 4.69) is 6.92 Å². The Balaban J connectivity index is 2.32. The molecule has 0 unspecified atom stereocenters. The van der Waals surface area contributed by atoms with Crippen molar-refractivity contribution in [2.45, 2.75) is 44.6 Å². The zero-order valence-corrected chi connectivity index (χ0v) is 14.7. The van der Waals surface area contributed by atoms with E-state index in [-0.39, 0.29) is 16.8 Å². The Kier molecular flexibility index (Phi) is 5.13. The molecule has 1 aliphatic rings. The van der Waals surface area contributed by atoms with Gasteiger partial charge in [-0.3, -0.25) is 4.79 Å². The first kappa shape index (κ1) is 17.9. The van der Waals surface area contributed by atoms with Crippen LogP contribution < -0.4 is 10.9 Å². The second-order valence-electron chi connectivity index (χ2n) is 6.38. The van der Waals surface area contributed by atoms with Crippen LogP contribution in [0, 0.1) is 19.8 Å². The number of rotatable bonds is 4. The topological polar surface area (TPSA) is 106 Å². The van der Waals surface area contributed by atoms with Crippen molar-refractivity contribution in [3.05, 3.63) is 28.8 Å². The van der Waals surface area contributed by atoms with Crippen LogP contribution in [0.15, 0.2) is 17.0 Å². The fourth-order valence-corrected chi connectivity index (χ4v) is 4.05. The summed E-state index contributed by atoms with van der Waals surface area (Å²) >= 11 is 0. The van der Waals surface area contributed by atoms with E-state index in [1.165, 1.54) is 6.07 Å². The first-order chi connectivity index (χ1) is 10.6. The second kappa shape index (κ2) is 6.59. The van der Waals surface area contributed by atoms with Crippen LogP contribution in [-0.4, -0.2) is 38.4 Å². The molecular weight excluding hydrogens is 314 g/mol. The minimum atomic E-state index is -3.86. The highest BCUT2D eigenvalue weighted by Gasteiger charge is 2.33. The molecule has 1 aromatic carbocycles. The summed E-state index contributed by atoms with van der Waals surface area (Å²) < 4.78 is 23.4. The Hall–Kier alpha value is -1.44. The first-order valence-electron chi connectivity index (χ1n) is 7.84. The highest BCUT2D eigenvalue weighted by Crippen LogP contribution is 2.25. The van der Waals surface area contributed by atoms with Crippen molar-refractivity contribution in [1.29, 1.82) is 0 Å². The monoisotopic (exact) mass is 339 g/mol. The number of carbonyl (C=O) groups excluding carboxylic acids is 1. The van der Waals surface area contributed by atoms with Gasteiger partial charge in [0.25, 0.3) is 5.91 Å². The van der Waals surface area contributed by atoms with Gasteiger partial charge in [-0.25, -0.2) is 13.6 Å². The van der Waals surface area contributed by atoms with Crippen LogP contribution in [0.1, 0.15) is 41.3 Å². The lowest BCUT2D eigenvalue weighted by Crippen LogP contribution is -2.32. The molecule has 23 heavy (non-hydrogen) atoms. The molecule has 2 rings (SSSR count). The number of sulfonamides is 1. The van der Waals surface area contributed by atoms with Gasteiger partial charge in [0.15, 0.2) is 0 Å². The van der Waals surface area contributed by atoms with Gasteiger partial charge in [0.05, 0.1) is 4.90 Å². The molecule has 1 amide bonds. The molecule has 2 atom stereocenters. The van der Waals surface area contributed by atoms with Crippen molar-refractivity contribution in [2.24, 2.45) is 16.8 Å². The Bertz CT molecular complexity index is 716. The minimum absolute atomic E-state index is 0.00875. The van der Waals surface area contributed by atoms with Crippen molar-refractivity contribution in [1.82, 2.24) is 4.90 Å². The smallest absolute Gasteiger partial charge is 0.253 e. The average Bonchev–Trinajstić information content (AvgIpc) is 2.81. The molecule has 6 nitrogen and oxygen atoms in total. The molecule has 0 bridgehead atoms. The van der Waals surface area contributed by atoms with Gasteiger partial charge in [0, 0.05) is 24.7 Å². The Morgan fingerprint density at radius 2 is 1.96 bits per heavy atom. The largest absolute Gasteiger partial charge is 0.337 e. The van der Waals surface area contributed by atoms with E-state index in [9.17, 15) is 13.2 Å². The normalized spacial score (nSPS) is 21.7. The number of nitrogens with two attached hydrogens (primary N) is 2. The molecule has 1 heterocycles. The van der Waals surface area contributed by atoms with Crippen LogP contribution in [0.3, 0.4) is 0 Å². The van der Waals surface area contributed by atoms with Gasteiger partial charge in [-0.15, -0.1) is 0 Å². The summed E-state index contributed by atoms with van der Waals surface area (Å²) in [6.07, 6.45) is 2.01. The quantitative estimate of drug-likeness (QED) is 0.858. The second-order valence-corrected chi connectivity index (χ2v) is 7.91. The lowest BCUT2D eigenvalue weighted by Gasteiger charge is -2.18. The van der Waals surface area contributed by atoms with Gasteiger partial charge < -0.3 is 10.6 Å². The van der Waals surface area contributed by atoms with Crippen LogP contribution in [0.25, 0.3) is 0 Å². The van der Waals surface area contributed by atoms with E-state index in [0.717, 1.165) is 18.4 Å². The van der Waals surface area contributed by atoms with Crippen molar-refractivity contribution in [3.8, 4) is 0 Å². The standard InChI is InChI=1S/C16H25N3O3S/c1-4-5-12-8-19(9-14(12)17)16(20)13-6-10(2)11(3)15(7-13)23(18,21)22/h6-7,12,14H,4-5,8-9,17H2,1-3H3,(H2,18,21,22)/t12-,14-/m0/s1. The molecule has 4 N–H and O–H groups in total. The summed E-state index contributed by atoms with van der Waals surface area (Å²) in [5, 5.41) is 5.26. The van der Waals surface area contributed by atoms with E-state index >= 15 is 0 Å². The molecule has 1 saturated heterocycles. The summed E-state index contributed by atoms with van der Waals surface area (Å²) in [5.74, 6) is 0.111. The van der Waals surface area contributed by atoms with Gasteiger partial charge in [0.1, 0.15) is 0 Å². The van der Waals surface area contributed by atoms with E-state index in [1.807, 2.05) is 0 Å². The summed E-state index contributed by atoms with van der Waals surface area (Å²) in [6, 6.07) is 3.06. The molecular formula is C16H25N3O3S. The average molecular weight is 339 g/mol. The van der Waals surface area contributed by atoms with Gasteiger partial charge in [-0.05, 0) is 49.4 Å². The molecule has 7 heteroatoms. The molecule has 1 fully saturated rings. The predicted molar refractivity (Wildman–Crippen MR) is 89.6 cm³/mol. The van der Waals surface area contributed by atoms with Crippen LogP contribution >= 0.6 is 0 Å². The third-order valence-corrected chi connectivity index (χ3v) is 5.65. The number of likely N-dealkylation sites (tertiary alicyclic amines) is 1. The number of benzene rings is 1. The minimum Gasteiger partial charge on any atom is -0.337 e. The van der Waals surface area contributed by atoms with E-state index in [1.54, 1.807) is 24.8 Å². The van der Waals surface area contributed by atoms with Crippen LogP contribution in [0.4, 0.5) is 0 Å². The molecule has 1 aliphatic heterocycles.